The first kappa shape index (κ1) is 19.9. The van der Waals surface area contributed by atoms with Crippen molar-refractivity contribution < 1.29 is 17.6 Å². The molecule has 152 valence electrons. The molecular weight excluding hydrogens is 460 g/mol. The fourth-order valence-electron chi connectivity index (χ4n) is 3.21. The molecule has 1 aliphatic rings. The maximum atomic E-state index is 12.8. The first-order chi connectivity index (χ1) is 13.8. The number of H-pyrrole nitrogens is 1. The second kappa shape index (κ2) is 7.77. The van der Waals surface area contributed by atoms with E-state index in [1.807, 2.05) is 19.1 Å². The molecule has 1 N–H and O–H groups in total. The highest BCUT2D eigenvalue weighted by Gasteiger charge is 2.31. The molecule has 1 saturated heterocycles. The van der Waals surface area contributed by atoms with E-state index in [9.17, 15) is 13.2 Å². The van der Waals surface area contributed by atoms with Crippen LogP contribution in [0.2, 0.25) is 0 Å². The molecule has 1 aromatic carbocycles. The lowest BCUT2D eigenvalue weighted by Crippen LogP contribution is -2.50. The Morgan fingerprint density at radius 1 is 1.14 bits per heavy atom. The fourth-order valence-corrected chi connectivity index (χ4v) is 5.23. The zero-order valence-corrected chi connectivity index (χ0v) is 18.0. The first-order valence-electron chi connectivity index (χ1n) is 9.02. The molecule has 3 heterocycles. The summed E-state index contributed by atoms with van der Waals surface area (Å²) in [5.41, 5.74) is 0.898. The van der Waals surface area contributed by atoms with Crippen molar-refractivity contribution in [2.75, 3.05) is 26.2 Å². The quantitative estimate of drug-likeness (QED) is 0.621. The smallest absolute Gasteiger partial charge is 0.274 e. The van der Waals surface area contributed by atoms with Crippen molar-refractivity contribution in [2.24, 2.45) is 0 Å². The number of nitrogens with zero attached hydrogens (tertiary/aromatic N) is 3. The second-order valence-corrected chi connectivity index (χ2v) is 9.58. The van der Waals surface area contributed by atoms with Gasteiger partial charge in [0.05, 0.1) is 4.90 Å². The van der Waals surface area contributed by atoms with Crippen LogP contribution in [0.4, 0.5) is 0 Å². The largest absolute Gasteiger partial charge is 0.460 e. The number of hydrogen-bond acceptors (Lipinski definition) is 5. The van der Waals surface area contributed by atoms with Gasteiger partial charge in [0.1, 0.15) is 11.5 Å². The summed E-state index contributed by atoms with van der Waals surface area (Å²) in [5, 5.41) is 6.90. The molecular formula is C19H19BrN4O4S. The molecule has 0 spiro atoms. The SMILES string of the molecule is Cc1ccc(-c2cc(C(=O)N3CCN(S(=O)(=O)c4cccc(Br)c4)CC3)n[nH]2)o1. The molecule has 2 aromatic heterocycles. The van der Waals surface area contributed by atoms with Crippen molar-refractivity contribution in [3.05, 3.63) is 58.4 Å². The highest BCUT2D eigenvalue weighted by molar-refractivity contribution is 9.10. The normalized spacial score (nSPS) is 15.6. The number of aryl methyl sites for hydroxylation is 1. The van der Waals surface area contributed by atoms with Crippen LogP contribution in [0.3, 0.4) is 0 Å². The summed E-state index contributed by atoms with van der Waals surface area (Å²) in [7, 11) is -3.60. The van der Waals surface area contributed by atoms with Gasteiger partial charge >= 0.3 is 0 Å². The fraction of sp³-hybridized carbons (Fsp3) is 0.263. The monoisotopic (exact) mass is 478 g/mol. The lowest BCUT2D eigenvalue weighted by molar-refractivity contribution is 0.0692. The summed E-state index contributed by atoms with van der Waals surface area (Å²) in [6.45, 7) is 2.90. The number of rotatable bonds is 4. The predicted octanol–water partition coefficient (Wildman–Crippen LogP) is 2.89. The van der Waals surface area contributed by atoms with Gasteiger partial charge in [-0.15, -0.1) is 0 Å². The lowest BCUT2D eigenvalue weighted by Gasteiger charge is -2.33. The van der Waals surface area contributed by atoms with Crippen LogP contribution in [0.25, 0.3) is 11.5 Å². The number of carbonyl (C=O) groups is 1. The van der Waals surface area contributed by atoms with E-state index in [4.69, 9.17) is 4.42 Å². The highest BCUT2D eigenvalue weighted by Crippen LogP contribution is 2.23. The van der Waals surface area contributed by atoms with E-state index in [-0.39, 0.29) is 29.6 Å². The van der Waals surface area contributed by atoms with Gasteiger partial charge in [-0.1, -0.05) is 22.0 Å². The minimum absolute atomic E-state index is 0.231. The summed E-state index contributed by atoms with van der Waals surface area (Å²) in [6, 6.07) is 11.9. The average Bonchev–Trinajstić information content (AvgIpc) is 3.36. The number of aromatic nitrogens is 2. The molecule has 8 nitrogen and oxygen atoms in total. The Morgan fingerprint density at radius 3 is 2.55 bits per heavy atom. The van der Waals surface area contributed by atoms with Gasteiger partial charge in [0.2, 0.25) is 10.0 Å². The van der Waals surface area contributed by atoms with Crippen LogP contribution < -0.4 is 0 Å². The third-order valence-corrected chi connectivity index (χ3v) is 7.15. The van der Waals surface area contributed by atoms with Gasteiger partial charge in [-0.25, -0.2) is 8.42 Å². The van der Waals surface area contributed by atoms with Crippen LogP contribution >= 0.6 is 15.9 Å². The number of furan rings is 1. The second-order valence-electron chi connectivity index (χ2n) is 6.73. The maximum Gasteiger partial charge on any atom is 0.274 e. The summed E-state index contributed by atoms with van der Waals surface area (Å²) in [4.78, 5) is 14.6. The molecule has 0 unspecified atom stereocenters. The topological polar surface area (TPSA) is 99.5 Å². The summed E-state index contributed by atoms with van der Waals surface area (Å²) in [6.07, 6.45) is 0. The van der Waals surface area contributed by atoms with E-state index in [1.54, 1.807) is 35.2 Å². The summed E-state index contributed by atoms with van der Waals surface area (Å²) in [5.74, 6) is 1.14. The molecule has 29 heavy (non-hydrogen) atoms. The molecule has 0 saturated carbocycles. The van der Waals surface area contributed by atoms with Gasteiger partial charge in [-0.2, -0.15) is 9.40 Å². The number of benzene rings is 1. The van der Waals surface area contributed by atoms with Crippen molar-refractivity contribution in [1.82, 2.24) is 19.4 Å². The van der Waals surface area contributed by atoms with Gasteiger partial charge in [0.15, 0.2) is 11.5 Å². The van der Waals surface area contributed by atoms with Gasteiger partial charge in [0.25, 0.3) is 5.91 Å². The van der Waals surface area contributed by atoms with Gasteiger partial charge in [0, 0.05) is 36.7 Å². The Labute approximate surface area is 176 Å². The summed E-state index contributed by atoms with van der Waals surface area (Å²) >= 11 is 3.30. The van der Waals surface area contributed by atoms with Gasteiger partial charge in [-0.05, 0) is 37.3 Å². The van der Waals surface area contributed by atoms with Crippen molar-refractivity contribution in [2.45, 2.75) is 11.8 Å². The third kappa shape index (κ3) is 4.00. The van der Waals surface area contributed by atoms with Crippen molar-refractivity contribution in [3.63, 3.8) is 0 Å². The number of aromatic amines is 1. The maximum absolute atomic E-state index is 12.8. The number of piperazine rings is 1. The summed E-state index contributed by atoms with van der Waals surface area (Å²) < 4.78 is 33.3. The zero-order chi connectivity index (χ0) is 20.6. The molecule has 4 rings (SSSR count). The van der Waals surface area contributed by atoms with Crippen molar-refractivity contribution >= 4 is 31.9 Å². The van der Waals surface area contributed by atoms with E-state index in [2.05, 4.69) is 26.1 Å². The molecule has 1 aliphatic heterocycles. The van der Waals surface area contributed by atoms with E-state index in [1.165, 1.54) is 4.31 Å². The molecule has 0 bridgehead atoms. The Morgan fingerprint density at radius 2 is 1.90 bits per heavy atom. The standard InChI is InChI=1S/C19H19BrN4O4S/c1-13-5-6-18(28-13)16-12-17(22-21-16)19(25)23-7-9-24(10-8-23)29(26,27)15-4-2-3-14(20)11-15/h2-6,11-12H,7-10H2,1H3,(H,21,22). The van der Waals surface area contributed by atoms with Gasteiger partial charge in [-0.3, -0.25) is 9.89 Å². The number of carbonyl (C=O) groups excluding carboxylic acids is 1. The molecule has 1 amide bonds. The molecule has 3 aromatic rings. The number of nitrogens with one attached hydrogen (secondary N) is 1. The molecule has 0 radical (unpaired) electrons. The van der Waals surface area contributed by atoms with E-state index >= 15 is 0 Å². The van der Waals surface area contributed by atoms with Crippen LogP contribution in [-0.4, -0.2) is 59.9 Å². The molecule has 0 aliphatic carbocycles. The average molecular weight is 479 g/mol. The van der Waals surface area contributed by atoms with E-state index in [0.29, 0.717) is 29.0 Å². The highest BCUT2D eigenvalue weighted by atomic mass is 79.9. The van der Waals surface area contributed by atoms with Crippen LogP contribution in [0, 0.1) is 6.92 Å². The number of hydrogen-bond donors (Lipinski definition) is 1. The molecule has 1 fully saturated rings. The molecule has 10 heteroatoms. The number of amides is 1. The minimum atomic E-state index is -3.60. The van der Waals surface area contributed by atoms with E-state index in [0.717, 1.165) is 5.76 Å². The van der Waals surface area contributed by atoms with Crippen LogP contribution in [-0.2, 0) is 10.0 Å². The van der Waals surface area contributed by atoms with E-state index < -0.39 is 10.0 Å². The number of sulfonamides is 1. The van der Waals surface area contributed by atoms with Gasteiger partial charge < -0.3 is 9.32 Å². The minimum Gasteiger partial charge on any atom is -0.460 e. The molecule has 0 atom stereocenters. The van der Waals surface area contributed by atoms with Crippen molar-refractivity contribution in [3.8, 4) is 11.5 Å². The Bertz CT molecular complexity index is 1150. The lowest BCUT2D eigenvalue weighted by atomic mass is 10.2. The van der Waals surface area contributed by atoms with Crippen LogP contribution in [0.15, 0.2) is 56.2 Å². The Hall–Kier alpha value is -2.43. The predicted molar refractivity (Wildman–Crippen MR) is 110 cm³/mol. The van der Waals surface area contributed by atoms with Crippen molar-refractivity contribution in [1.29, 1.82) is 0 Å². The Balaban J connectivity index is 1.43. The van der Waals surface area contributed by atoms with Crippen LogP contribution in [0.5, 0.6) is 0 Å². The van der Waals surface area contributed by atoms with Crippen LogP contribution in [0.1, 0.15) is 16.2 Å². The third-order valence-electron chi connectivity index (χ3n) is 4.76. The first-order valence-corrected chi connectivity index (χ1v) is 11.2. The number of halogens is 1. The zero-order valence-electron chi connectivity index (χ0n) is 15.6. The Kier molecular flexibility index (Phi) is 5.32.